The lowest BCUT2D eigenvalue weighted by Gasteiger charge is -2.20. The summed E-state index contributed by atoms with van der Waals surface area (Å²) in [5, 5.41) is 2.78. The number of ether oxygens (including phenoxy) is 1. The van der Waals surface area contributed by atoms with Gasteiger partial charge in [0.05, 0.1) is 6.61 Å². The van der Waals surface area contributed by atoms with Crippen molar-refractivity contribution in [3.8, 4) is 0 Å². The van der Waals surface area contributed by atoms with Crippen LogP contribution in [0.5, 0.6) is 0 Å². The van der Waals surface area contributed by atoms with E-state index in [4.69, 9.17) is 4.74 Å². The third-order valence-corrected chi connectivity index (χ3v) is 3.24. The van der Waals surface area contributed by atoms with E-state index in [9.17, 15) is 9.18 Å². The maximum atomic E-state index is 13.0. The van der Waals surface area contributed by atoms with Crippen LogP contribution < -0.4 is 5.32 Å². The summed E-state index contributed by atoms with van der Waals surface area (Å²) in [6, 6.07) is 6.09. The summed E-state index contributed by atoms with van der Waals surface area (Å²) in [6.45, 7) is 2.53. The van der Waals surface area contributed by atoms with Crippen LogP contribution in [0.15, 0.2) is 24.3 Å². The smallest absolute Gasteiger partial charge is 0.317 e. The number of halogens is 1. The Bertz CT molecular complexity index is 433. The van der Waals surface area contributed by atoms with E-state index in [1.807, 2.05) is 0 Å². The summed E-state index contributed by atoms with van der Waals surface area (Å²) in [6.07, 6.45) is 1.00. The van der Waals surface area contributed by atoms with Crippen LogP contribution in [0, 0.1) is 11.7 Å². The molecule has 104 valence electrons. The second kappa shape index (κ2) is 6.52. The third-order valence-electron chi connectivity index (χ3n) is 3.24. The van der Waals surface area contributed by atoms with E-state index < -0.39 is 0 Å². The quantitative estimate of drug-likeness (QED) is 0.905. The zero-order chi connectivity index (χ0) is 13.7. The number of benzene rings is 1. The number of nitrogens with zero attached hydrogens (tertiary/aromatic N) is 1. The van der Waals surface area contributed by atoms with Crippen LogP contribution in [0.4, 0.5) is 9.18 Å². The summed E-state index contributed by atoms with van der Waals surface area (Å²) in [5.74, 6) is 0.133. The molecule has 5 heteroatoms. The lowest BCUT2D eigenvalue weighted by atomic mass is 10.1. The maximum Gasteiger partial charge on any atom is 0.317 e. The zero-order valence-corrected chi connectivity index (χ0v) is 11.1. The van der Waals surface area contributed by atoms with Crippen LogP contribution in [0.2, 0.25) is 0 Å². The number of carbonyl (C=O) groups excluding carboxylic acids is 1. The van der Waals surface area contributed by atoms with Gasteiger partial charge in [0.15, 0.2) is 0 Å². The molecule has 1 heterocycles. The van der Waals surface area contributed by atoms with Crippen LogP contribution >= 0.6 is 0 Å². The van der Waals surface area contributed by atoms with Gasteiger partial charge in [0, 0.05) is 32.7 Å². The van der Waals surface area contributed by atoms with Crippen molar-refractivity contribution in [2.75, 3.05) is 26.8 Å². The van der Waals surface area contributed by atoms with Crippen molar-refractivity contribution in [3.63, 3.8) is 0 Å². The lowest BCUT2D eigenvalue weighted by molar-refractivity contribution is 0.171. The molecule has 1 N–H and O–H groups in total. The fourth-order valence-electron chi connectivity index (χ4n) is 2.16. The molecule has 1 atom stereocenters. The summed E-state index contributed by atoms with van der Waals surface area (Å²) >= 11 is 0. The Morgan fingerprint density at radius 1 is 1.58 bits per heavy atom. The number of rotatable bonds is 4. The molecule has 1 fully saturated rings. The van der Waals surface area contributed by atoms with Crippen molar-refractivity contribution in [3.05, 3.63) is 35.6 Å². The van der Waals surface area contributed by atoms with Gasteiger partial charge in [-0.05, 0) is 24.1 Å². The molecule has 1 aromatic carbocycles. The molecule has 0 radical (unpaired) electrons. The van der Waals surface area contributed by atoms with Crippen LogP contribution in [0.1, 0.15) is 12.0 Å². The fourth-order valence-corrected chi connectivity index (χ4v) is 2.16. The van der Waals surface area contributed by atoms with Gasteiger partial charge in [0.2, 0.25) is 0 Å². The first kappa shape index (κ1) is 13.8. The summed E-state index contributed by atoms with van der Waals surface area (Å²) in [5.41, 5.74) is 0.756. The molecule has 0 aromatic heterocycles. The van der Waals surface area contributed by atoms with Gasteiger partial charge in [-0.3, -0.25) is 0 Å². The molecule has 1 saturated heterocycles. The highest BCUT2D eigenvalue weighted by Crippen LogP contribution is 2.13. The highest BCUT2D eigenvalue weighted by atomic mass is 19.1. The number of amides is 2. The van der Waals surface area contributed by atoms with Gasteiger partial charge >= 0.3 is 6.03 Å². The molecule has 1 unspecified atom stereocenters. The average Bonchev–Trinajstić information content (AvgIpc) is 2.89. The minimum atomic E-state index is -0.289. The molecular weight excluding hydrogens is 247 g/mol. The molecule has 1 aliphatic rings. The van der Waals surface area contributed by atoms with Crippen LogP contribution in [0.3, 0.4) is 0 Å². The van der Waals surface area contributed by atoms with Gasteiger partial charge < -0.3 is 15.0 Å². The number of urea groups is 1. The Balaban J connectivity index is 1.76. The fraction of sp³-hybridized carbons (Fsp3) is 0.500. The number of hydrogen-bond acceptors (Lipinski definition) is 2. The predicted octanol–water partition coefficient (Wildman–Crippen LogP) is 2.00. The van der Waals surface area contributed by atoms with E-state index in [0.29, 0.717) is 19.0 Å². The SMILES string of the molecule is CN(CC1CCOC1)C(=O)NCc1cccc(F)c1. The first-order valence-corrected chi connectivity index (χ1v) is 6.46. The molecule has 0 aliphatic carbocycles. The molecular formula is C14H19FN2O2. The van der Waals surface area contributed by atoms with Crippen LogP contribution in [-0.4, -0.2) is 37.7 Å². The Morgan fingerprint density at radius 3 is 3.11 bits per heavy atom. The topological polar surface area (TPSA) is 41.6 Å². The largest absolute Gasteiger partial charge is 0.381 e. The van der Waals surface area contributed by atoms with Gasteiger partial charge in [0.25, 0.3) is 0 Å². The van der Waals surface area contributed by atoms with E-state index in [0.717, 1.165) is 25.2 Å². The van der Waals surface area contributed by atoms with Crippen molar-refractivity contribution in [2.24, 2.45) is 5.92 Å². The molecule has 2 rings (SSSR count). The molecule has 0 bridgehead atoms. The second-order valence-electron chi connectivity index (χ2n) is 4.90. The normalized spacial score (nSPS) is 18.3. The molecule has 0 spiro atoms. The van der Waals surface area contributed by atoms with E-state index in [1.165, 1.54) is 12.1 Å². The highest BCUT2D eigenvalue weighted by Gasteiger charge is 2.19. The minimum absolute atomic E-state index is 0.142. The van der Waals surface area contributed by atoms with Gasteiger partial charge in [-0.25, -0.2) is 9.18 Å². The van der Waals surface area contributed by atoms with Crippen molar-refractivity contribution < 1.29 is 13.9 Å². The monoisotopic (exact) mass is 266 g/mol. The summed E-state index contributed by atoms with van der Waals surface area (Å²) in [4.78, 5) is 13.5. The predicted molar refractivity (Wildman–Crippen MR) is 70.2 cm³/mol. The summed E-state index contributed by atoms with van der Waals surface area (Å²) < 4.78 is 18.3. The minimum Gasteiger partial charge on any atom is -0.381 e. The number of carbonyl (C=O) groups is 1. The van der Waals surface area contributed by atoms with E-state index in [-0.39, 0.29) is 11.8 Å². The number of hydrogen-bond donors (Lipinski definition) is 1. The molecule has 0 saturated carbocycles. The number of nitrogens with one attached hydrogen (secondary N) is 1. The van der Waals surface area contributed by atoms with E-state index in [2.05, 4.69) is 5.32 Å². The Kier molecular flexibility index (Phi) is 4.74. The maximum absolute atomic E-state index is 13.0. The second-order valence-corrected chi connectivity index (χ2v) is 4.90. The third kappa shape index (κ3) is 4.21. The van der Waals surface area contributed by atoms with E-state index in [1.54, 1.807) is 24.1 Å². The Hall–Kier alpha value is -1.62. The zero-order valence-electron chi connectivity index (χ0n) is 11.1. The van der Waals surface area contributed by atoms with Crippen LogP contribution in [0.25, 0.3) is 0 Å². The van der Waals surface area contributed by atoms with Gasteiger partial charge in [0.1, 0.15) is 5.82 Å². The molecule has 2 amide bonds. The molecule has 4 nitrogen and oxygen atoms in total. The standard InChI is InChI=1S/C14H19FN2O2/c1-17(9-12-5-6-19-10-12)14(18)16-8-11-3-2-4-13(15)7-11/h2-4,7,12H,5-6,8-10H2,1H3,(H,16,18). The first-order valence-electron chi connectivity index (χ1n) is 6.46. The molecule has 1 aromatic rings. The Labute approximate surface area is 112 Å². The lowest BCUT2D eigenvalue weighted by Crippen LogP contribution is -2.39. The highest BCUT2D eigenvalue weighted by molar-refractivity contribution is 5.73. The van der Waals surface area contributed by atoms with Crippen molar-refractivity contribution in [2.45, 2.75) is 13.0 Å². The van der Waals surface area contributed by atoms with Crippen molar-refractivity contribution >= 4 is 6.03 Å². The van der Waals surface area contributed by atoms with Crippen molar-refractivity contribution in [1.82, 2.24) is 10.2 Å². The summed E-state index contributed by atoms with van der Waals surface area (Å²) in [7, 11) is 1.76. The van der Waals surface area contributed by atoms with Gasteiger partial charge in [-0.1, -0.05) is 12.1 Å². The van der Waals surface area contributed by atoms with Gasteiger partial charge in [-0.2, -0.15) is 0 Å². The molecule has 19 heavy (non-hydrogen) atoms. The Morgan fingerprint density at radius 2 is 2.42 bits per heavy atom. The van der Waals surface area contributed by atoms with Gasteiger partial charge in [-0.15, -0.1) is 0 Å². The average molecular weight is 266 g/mol. The van der Waals surface area contributed by atoms with E-state index >= 15 is 0 Å². The first-order chi connectivity index (χ1) is 9.15. The van der Waals surface area contributed by atoms with Crippen LogP contribution in [-0.2, 0) is 11.3 Å². The van der Waals surface area contributed by atoms with Crippen molar-refractivity contribution in [1.29, 1.82) is 0 Å². The molecule has 1 aliphatic heterocycles.